The Morgan fingerprint density at radius 2 is 2.22 bits per heavy atom. The summed E-state index contributed by atoms with van der Waals surface area (Å²) in [6, 6.07) is 7.56. The molecule has 1 amide bonds. The van der Waals surface area contributed by atoms with Crippen LogP contribution in [0.3, 0.4) is 0 Å². The minimum atomic E-state index is -0.964. The Bertz CT molecular complexity index is 593. The van der Waals surface area contributed by atoms with E-state index in [0.717, 1.165) is 36.5 Å². The molecule has 1 aromatic rings. The summed E-state index contributed by atoms with van der Waals surface area (Å²) >= 11 is 0. The van der Waals surface area contributed by atoms with Gasteiger partial charge in [0.2, 0.25) is 5.60 Å². The predicted octanol–water partition coefficient (Wildman–Crippen LogP) is 1.87. The number of hydrogen-bond donors (Lipinski definition) is 1. The fourth-order valence-corrected chi connectivity index (χ4v) is 2.80. The number of nitrogens with one attached hydrogen (secondary N) is 1. The highest BCUT2D eigenvalue weighted by molar-refractivity contribution is 6.05. The first-order chi connectivity index (χ1) is 11.1. The number of ether oxygens (including phenoxy) is 2. The zero-order valence-electron chi connectivity index (χ0n) is 13.5. The van der Waals surface area contributed by atoms with Gasteiger partial charge in [0, 0.05) is 19.6 Å². The molecule has 1 saturated heterocycles. The van der Waals surface area contributed by atoms with E-state index in [9.17, 15) is 4.79 Å². The van der Waals surface area contributed by atoms with E-state index in [1.807, 2.05) is 24.3 Å². The number of hydrogen-bond acceptors (Lipinski definition) is 5. The molecule has 0 aromatic heterocycles. The summed E-state index contributed by atoms with van der Waals surface area (Å²) in [6.45, 7) is 3.06. The smallest absolute Gasteiger partial charge is 0.267 e. The molecule has 1 aromatic carbocycles. The highest BCUT2D eigenvalue weighted by atomic mass is 16.7. The van der Waals surface area contributed by atoms with Gasteiger partial charge in [-0.1, -0.05) is 5.16 Å². The molecule has 0 unspecified atom stereocenters. The normalized spacial score (nSPS) is 26.5. The lowest BCUT2D eigenvalue weighted by Gasteiger charge is -2.21. The largest absolute Gasteiger partial charge is 0.497 e. The van der Waals surface area contributed by atoms with E-state index in [1.54, 1.807) is 14.0 Å². The summed E-state index contributed by atoms with van der Waals surface area (Å²) in [7, 11) is 1.63. The van der Waals surface area contributed by atoms with E-state index in [2.05, 4.69) is 10.5 Å². The van der Waals surface area contributed by atoms with Crippen LogP contribution in [-0.2, 0) is 14.4 Å². The fourth-order valence-electron chi connectivity index (χ4n) is 2.80. The molecule has 0 aliphatic carbocycles. The number of rotatable bonds is 5. The van der Waals surface area contributed by atoms with Crippen LogP contribution in [0.1, 0.15) is 31.7 Å². The number of oxime groups is 1. The maximum Gasteiger partial charge on any atom is 0.267 e. The Morgan fingerprint density at radius 1 is 1.43 bits per heavy atom. The molecule has 2 atom stereocenters. The number of carbonyl (C=O) groups is 1. The third-order valence-electron chi connectivity index (χ3n) is 4.28. The molecular weight excluding hydrogens is 296 g/mol. The van der Waals surface area contributed by atoms with Crippen LogP contribution in [0, 0.1) is 0 Å². The minimum absolute atomic E-state index is 0.117. The van der Waals surface area contributed by atoms with Crippen molar-refractivity contribution in [2.24, 2.45) is 5.16 Å². The molecule has 0 bridgehead atoms. The zero-order valence-corrected chi connectivity index (χ0v) is 13.5. The van der Waals surface area contributed by atoms with Crippen LogP contribution < -0.4 is 10.1 Å². The second-order valence-corrected chi connectivity index (χ2v) is 6.11. The van der Waals surface area contributed by atoms with Crippen LogP contribution in [0.15, 0.2) is 29.4 Å². The molecule has 2 aliphatic rings. The Balaban J connectivity index is 1.58. The Labute approximate surface area is 135 Å². The average Bonchev–Trinajstić information content (AvgIpc) is 3.23. The molecule has 3 rings (SSSR count). The van der Waals surface area contributed by atoms with Gasteiger partial charge >= 0.3 is 0 Å². The molecule has 2 aliphatic heterocycles. The highest BCUT2D eigenvalue weighted by Crippen LogP contribution is 2.27. The molecule has 1 fully saturated rings. The van der Waals surface area contributed by atoms with Crippen LogP contribution in [0.2, 0.25) is 0 Å². The predicted molar refractivity (Wildman–Crippen MR) is 85.6 cm³/mol. The van der Waals surface area contributed by atoms with Crippen LogP contribution in [-0.4, -0.2) is 43.6 Å². The van der Waals surface area contributed by atoms with E-state index < -0.39 is 5.60 Å². The number of methoxy groups -OCH3 is 1. The summed E-state index contributed by atoms with van der Waals surface area (Å²) in [5.74, 6) is 0.630. The van der Waals surface area contributed by atoms with Crippen molar-refractivity contribution in [2.75, 3.05) is 20.3 Å². The molecule has 0 radical (unpaired) electrons. The molecule has 124 valence electrons. The molecule has 23 heavy (non-hydrogen) atoms. The van der Waals surface area contributed by atoms with E-state index >= 15 is 0 Å². The van der Waals surface area contributed by atoms with Gasteiger partial charge in [0.05, 0.1) is 18.9 Å². The fraction of sp³-hybridized carbons (Fsp3) is 0.529. The summed E-state index contributed by atoms with van der Waals surface area (Å²) < 4.78 is 10.7. The summed E-state index contributed by atoms with van der Waals surface area (Å²) in [6.07, 6.45) is 2.60. The van der Waals surface area contributed by atoms with Crippen LogP contribution in [0.5, 0.6) is 5.75 Å². The second-order valence-electron chi connectivity index (χ2n) is 6.11. The summed E-state index contributed by atoms with van der Waals surface area (Å²) in [4.78, 5) is 17.9. The first-order valence-electron chi connectivity index (χ1n) is 7.90. The van der Waals surface area contributed by atoms with E-state index in [0.29, 0.717) is 13.0 Å². The first-order valence-corrected chi connectivity index (χ1v) is 7.90. The molecular formula is C17H22N2O4. The number of benzene rings is 1. The van der Waals surface area contributed by atoms with Crippen LogP contribution in [0.25, 0.3) is 0 Å². The molecule has 0 saturated carbocycles. The van der Waals surface area contributed by atoms with Gasteiger partial charge in [-0.2, -0.15) is 0 Å². The number of amides is 1. The van der Waals surface area contributed by atoms with Gasteiger partial charge < -0.3 is 19.6 Å². The Hall–Kier alpha value is -2.08. The van der Waals surface area contributed by atoms with Crippen molar-refractivity contribution in [3.63, 3.8) is 0 Å². The third-order valence-corrected chi connectivity index (χ3v) is 4.28. The van der Waals surface area contributed by atoms with E-state index in [4.69, 9.17) is 14.3 Å². The van der Waals surface area contributed by atoms with Crippen molar-refractivity contribution in [3.05, 3.63) is 29.8 Å². The summed E-state index contributed by atoms with van der Waals surface area (Å²) in [5, 5.41) is 7.01. The second kappa shape index (κ2) is 6.58. The van der Waals surface area contributed by atoms with Gasteiger partial charge in [-0.15, -0.1) is 0 Å². The third kappa shape index (κ3) is 3.47. The lowest BCUT2D eigenvalue weighted by atomic mass is 9.95. The Kier molecular flexibility index (Phi) is 4.52. The van der Waals surface area contributed by atoms with Gasteiger partial charge in [-0.05, 0) is 49.6 Å². The van der Waals surface area contributed by atoms with Crippen molar-refractivity contribution >= 4 is 11.6 Å². The maximum absolute atomic E-state index is 12.4. The van der Waals surface area contributed by atoms with Crippen molar-refractivity contribution in [2.45, 2.75) is 37.9 Å². The van der Waals surface area contributed by atoms with Gasteiger partial charge in [0.15, 0.2) is 0 Å². The van der Waals surface area contributed by atoms with E-state index in [-0.39, 0.29) is 12.0 Å². The van der Waals surface area contributed by atoms with Crippen molar-refractivity contribution in [1.82, 2.24) is 5.32 Å². The summed E-state index contributed by atoms with van der Waals surface area (Å²) in [5.41, 5.74) is 0.734. The minimum Gasteiger partial charge on any atom is -0.497 e. The molecule has 2 heterocycles. The zero-order chi connectivity index (χ0) is 16.3. The van der Waals surface area contributed by atoms with Crippen LogP contribution >= 0.6 is 0 Å². The average molecular weight is 318 g/mol. The standard InChI is InChI=1S/C17H22N2O4/c1-17(16(20)18-11-14-4-3-9-22-14)10-15(19-23-17)12-5-7-13(21-2)8-6-12/h5-8,14H,3-4,9-11H2,1-2H3,(H,18,20)/t14-,17+/m0/s1. The van der Waals surface area contributed by atoms with Gasteiger partial charge in [-0.25, -0.2) is 0 Å². The maximum atomic E-state index is 12.4. The molecule has 6 nitrogen and oxygen atoms in total. The van der Waals surface area contributed by atoms with Gasteiger partial charge in [0.1, 0.15) is 5.75 Å². The van der Waals surface area contributed by atoms with Crippen molar-refractivity contribution < 1.29 is 19.1 Å². The molecule has 6 heteroatoms. The van der Waals surface area contributed by atoms with Crippen LogP contribution in [0.4, 0.5) is 0 Å². The molecule has 1 N–H and O–H groups in total. The quantitative estimate of drug-likeness (QED) is 0.900. The number of nitrogens with zero attached hydrogens (tertiary/aromatic N) is 1. The monoisotopic (exact) mass is 318 g/mol. The van der Waals surface area contributed by atoms with Crippen molar-refractivity contribution in [1.29, 1.82) is 0 Å². The number of carbonyl (C=O) groups excluding carboxylic acids is 1. The molecule has 0 spiro atoms. The van der Waals surface area contributed by atoms with Gasteiger partial charge in [-0.3, -0.25) is 4.79 Å². The topological polar surface area (TPSA) is 69.2 Å². The lowest BCUT2D eigenvalue weighted by Crippen LogP contribution is -2.46. The van der Waals surface area contributed by atoms with E-state index in [1.165, 1.54) is 0 Å². The lowest BCUT2D eigenvalue weighted by molar-refractivity contribution is -0.142. The van der Waals surface area contributed by atoms with Crippen molar-refractivity contribution in [3.8, 4) is 5.75 Å². The Morgan fingerprint density at radius 3 is 2.87 bits per heavy atom. The van der Waals surface area contributed by atoms with Gasteiger partial charge in [0.25, 0.3) is 5.91 Å². The first kappa shape index (κ1) is 15.8. The SMILES string of the molecule is COc1ccc(C2=NO[C@@](C)(C(=O)NC[C@@H]3CCCO3)C2)cc1. The highest BCUT2D eigenvalue weighted by Gasteiger charge is 2.42.